The van der Waals surface area contributed by atoms with Crippen molar-refractivity contribution in [1.29, 1.82) is 0 Å². The normalized spacial score (nSPS) is 24.7. The molecule has 2 aromatic carbocycles. The molecule has 2 aromatic rings. The molecule has 2 nitrogen and oxygen atoms in total. The van der Waals surface area contributed by atoms with Gasteiger partial charge in [0.2, 0.25) is 0 Å². The molecule has 2 heteroatoms. The van der Waals surface area contributed by atoms with Crippen LogP contribution in [0.5, 0.6) is 5.75 Å². The number of benzene rings is 2. The highest BCUT2D eigenvalue weighted by Crippen LogP contribution is 2.49. The predicted octanol–water partition coefficient (Wildman–Crippen LogP) is 5.22. The summed E-state index contributed by atoms with van der Waals surface area (Å²) in [4.78, 5) is 0. The molecule has 4 rings (SSSR count). The van der Waals surface area contributed by atoms with Crippen LogP contribution in [0.1, 0.15) is 42.0 Å². The molecule has 0 spiro atoms. The first kappa shape index (κ1) is 14.4. The first-order valence-corrected chi connectivity index (χ1v) is 8.53. The molecular weight excluding hydrogens is 282 g/mol. The third kappa shape index (κ3) is 2.52. The summed E-state index contributed by atoms with van der Waals surface area (Å²) >= 11 is 0. The molecule has 1 heterocycles. The van der Waals surface area contributed by atoms with Crippen molar-refractivity contribution >= 4 is 5.69 Å². The molecule has 0 unspecified atom stereocenters. The van der Waals surface area contributed by atoms with Crippen LogP contribution in [0.15, 0.2) is 54.6 Å². The number of anilines is 1. The van der Waals surface area contributed by atoms with Gasteiger partial charge in [0.15, 0.2) is 0 Å². The van der Waals surface area contributed by atoms with Crippen molar-refractivity contribution in [1.82, 2.24) is 0 Å². The van der Waals surface area contributed by atoms with Crippen molar-refractivity contribution in [3.05, 3.63) is 71.3 Å². The minimum absolute atomic E-state index is 0.362. The lowest BCUT2D eigenvalue weighted by Gasteiger charge is -2.37. The number of nitrogens with one attached hydrogen (secondary N) is 1. The predicted molar refractivity (Wildman–Crippen MR) is 95.1 cm³/mol. The van der Waals surface area contributed by atoms with E-state index in [1.165, 1.54) is 22.4 Å². The van der Waals surface area contributed by atoms with Gasteiger partial charge < -0.3 is 10.1 Å². The van der Waals surface area contributed by atoms with Gasteiger partial charge in [0, 0.05) is 11.6 Å². The van der Waals surface area contributed by atoms with E-state index in [9.17, 15) is 0 Å². The second-order valence-electron chi connectivity index (χ2n) is 6.57. The van der Waals surface area contributed by atoms with Gasteiger partial charge >= 0.3 is 0 Å². The van der Waals surface area contributed by atoms with Crippen LogP contribution in [0.2, 0.25) is 0 Å². The van der Waals surface area contributed by atoms with Gasteiger partial charge in [-0.15, -0.1) is 0 Å². The van der Waals surface area contributed by atoms with E-state index in [-0.39, 0.29) is 0 Å². The molecule has 0 amide bonds. The summed E-state index contributed by atoms with van der Waals surface area (Å²) < 4.78 is 5.57. The molecule has 1 aliphatic heterocycles. The maximum atomic E-state index is 5.57. The Hall–Kier alpha value is -2.22. The zero-order valence-electron chi connectivity index (χ0n) is 13.8. The molecule has 0 radical (unpaired) electrons. The first-order valence-electron chi connectivity index (χ1n) is 8.53. The van der Waals surface area contributed by atoms with E-state index < -0.39 is 0 Å². The van der Waals surface area contributed by atoms with E-state index in [1.807, 2.05) is 6.92 Å². The summed E-state index contributed by atoms with van der Waals surface area (Å²) in [6.07, 6.45) is 5.88. The summed E-state index contributed by atoms with van der Waals surface area (Å²) in [5.74, 6) is 2.08. The SMILES string of the molecule is CCOc1ccc([C@@H]2Nc3ccc(C)cc3[C@@H]3C=CC[C@@H]32)cc1. The number of aryl methyl sites for hydroxylation is 1. The average molecular weight is 305 g/mol. The fourth-order valence-electron chi connectivity index (χ4n) is 3.98. The summed E-state index contributed by atoms with van der Waals surface area (Å²) in [5.41, 5.74) is 5.41. The van der Waals surface area contributed by atoms with Crippen LogP contribution in [-0.4, -0.2) is 6.61 Å². The van der Waals surface area contributed by atoms with Crippen molar-refractivity contribution in [3.8, 4) is 5.75 Å². The number of fused-ring (bicyclic) bond motifs is 3. The van der Waals surface area contributed by atoms with Gasteiger partial charge in [0.1, 0.15) is 5.75 Å². The summed E-state index contributed by atoms with van der Waals surface area (Å²) in [6.45, 7) is 4.90. The van der Waals surface area contributed by atoms with E-state index in [0.29, 0.717) is 24.5 Å². The minimum atomic E-state index is 0.362. The fraction of sp³-hybridized carbons (Fsp3) is 0.333. The van der Waals surface area contributed by atoms with Crippen LogP contribution in [0.4, 0.5) is 5.69 Å². The van der Waals surface area contributed by atoms with Gasteiger partial charge in [-0.25, -0.2) is 0 Å². The number of allylic oxidation sites excluding steroid dienone is 2. The Morgan fingerprint density at radius 3 is 2.74 bits per heavy atom. The largest absolute Gasteiger partial charge is 0.494 e. The molecule has 0 fully saturated rings. The van der Waals surface area contributed by atoms with Crippen LogP contribution < -0.4 is 10.1 Å². The number of ether oxygens (including phenoxy) is 1. The third-order valence-corrected chi connectivity index (χ3v) is 5.07. The Morgan fingerprint density at radius 2 is 1.96 bits per heavy atom. The Kier molecular flexibility index (Phi) is 3.60. The van der Waals surface area contributed by atoms with Crippen LogP contribution in [0.25, 0.3) is 0 Å². The summed E-state index contributed by atoms with van der Waals surface area (Å²) in [7, 11) is 0. The third-order valence-electron chi connectivity index (χ3n) is 5.07. The summed E-state index contributed by atoms with van der Waals surface area (Å²) in [6, 6.07) is 15.7. The second-order valence-corrected chi connectivity index (χ2v) is 6.57. The monoisotopic (exact) mass is 305 g/mol. The molecule has 23 heavy (non-hydrogen) atoms. The highest BCUT2D eigenvalue weighted by atomic mass is 16.5. The quantitative estimate of drug-likeness (QED) is 0.785. The van der Waals surface area contributed by atoms with Gasteiger partial charge in [-0.05, 0) is 55.5 Å². The highest BCUT2D eigenvalue weighted by molar-refractivity contribution is 5.60. The smallest absolute Gasteiger partial charge is 0.119 e. The standard InChI is InChI=1S/C21H23NO/c1-3-23-16-10-8-15(9-11-16)21-18-6-4-5-17(18)19-13-14(2)7-12-20(19)22-21/h4-5,7-13,17-18,21-22H,3,6H2,1-2H3/t17-,18+,21+/m1/s1. The number of hydrogen-bond acceptors (Lipinski definition) is 2. The Morgan fingerprint density at radius 1 is 1.13 bits per heavy atom. The average Bonchev–Trinajstić information content (AvgIpc) is 3.05. The second kappa shape index (κ2) is 5.77. The zero-order valence-corrected chi connectivity index (χ0v) is 13.8. The minimum Gasteiger partial charge on any atom is -0.494 e. The zero-order chi connectivity index (χ0) is 15.8. The lowest BCUT2D eigenvalue weighted by atomic mass is 9.76. The van der Waals surface area contributed by atoms with Crippen LogP contribution in [-0.2, 0) is 0 Å². The Labute approximate surface area is 138 Å². The van der Waals surface area contributed by atoms with E-state index in [4.69, 9.17) is 4.74 Å². The van der Waals surface area contributed by atoms with Crippen molar-refractivity contribution in [3.63, 3.8) is 0 Å². The molecule has 1 aliphatic carbocycles. The van der Waals surface area contributed by atoms with Gasteiger partial charge in [-0.1, -0.05) is 42.0 Å². The topological polar surface area (TPSA) is 21.3 Å². The lowest BCUT2D eigenvalue weighted by molar-refractivity contribution is 0.340. The van der Waals surface area contributed by atoms with Gasteiger partial charge in [0.05, 0.1) is 12.6 Å². The molecule has 0 bridgehead atoms. The molecule has 0 aromatic heterocycles. The van der Waals surface area contributed by atoms with Crippen molar-refractivity contribution in [2.45, 2.75) is 32.2 Å². The Bertz CT molecular complexity index is 732. The molecular formula is C21H23NO. The van der Waals surface area contributed by atoms with Crippen molar-refractivity contribution in [2.75, 3.05) is 11.9 Å². The maximum absolute atomic E-state index is 5.57. The van der Waals surface area contributed by atoms with Crippen molar-refractivity contribution in [2.24, 2.45) is 5.92 Å². The van der Waals surface area contributed by atoms with Crippen LogP contribution in [0.3, 0.4) is 0 Å². The summed E-state index contributed by atoms with van der Waals surface area (Å²) in [5, 5.41) is 3.78. The number of hydrogen-bond donors (Lipinski definition) is 1. The molecule has 0 saturated carbocycles. The lowest BCUT2D eigenvalue weighted by Crippen LogP contribution is -2.29. The van der Waals surface area contributed by atoms with E-state index in [0.717, 1.165) is 12.2 Å². The molecule has 1 N–H and O–H groups in total. The van der Waals surface area contributed by atoms with Crippen LogP contribution >= 0.6 is 0 Å². The fourth-order valence-corrected chi connectivity index (χ4v) is 3.98. The number of rotatable bonds is 3. The van der Waals surface area contributed by atoms with E-state index in [2.05, 4.69) is 66.9 Å². The first-order chi connectivity index (χ1) is 11.3. The van der Waals surface area contributed by atoms with Gasteiger partial charge in [-0.2, -0.15) is 0 Å². The van der Waals surface area contributed by atoms with Crippen molar-refractivity contribution < 1.29 is 4.74 Å². The Balaban J connectivity index is 1.69. The molecule has 0 saturated heterocycles. The highest BCUT2D eigenvalue weighted by Gasteiger charge is 2.37. The van der Waals surface area contributed by atoms with Crippen LogP contribution in [0, 0.1) is 12.8 Å². The van der Waals surface area contributed by atoms with Gasteiger partial charge in [0.25, 0.3) is 0 Å². The molecule has 118 valence electrons. The maximum Gasteiger partial charge on any atom is 0.119 e. The molecule has 3 atom stereocenters. The molecule has 2 aliphatic rings. The van der Waals surface area contributed by atoms with Gasteiger partial charge in [-0.3, -0.25) is 0 Å². The van der Waals surface area contributed by atoms with E-state index in [1.54, 1.807) is 0 Å². The van der Waals surface area contributed by atoms with E-state index >= 15 is 0 Å².